The number of carbonyl (C=O) groups excluding carboxylic acids is 1. The van der Waals surface area contributed by atoms with E-state index < -0.39 is 0 Å². The molecule has 128 valence electrons. The summed E-state index contributed by atoms with van der Waals surface area (Å²) in [4.78, 5) is 25.1. The van der Waals surface area contributed by atoms with Crippen molar-refractivity contribution in [1.29, 1.82) is 0 Å². The van der Waals surface area contributed by atoms with Gasteiger partial charge < -0.3 is 15.1 Å². The van der Waals surface area contributed by atoms with E-state index in [0.29, 0.717) is 18.1 Å². The van der Waals surface area contributed by atoms with E-state index in [2.05, 4.69) is 25.6 Å². The number of hydrogen-bond donors (Lipinski definition) is 2. The van der Waals surface area contributed by atoms with Crippen LogP contribution in [0.1, 0.15) is 16.2 Å². The van der Waals surface area contributed by atoms with Crippen LogP contribution in [0.5, 0.6) is 0 Å². The molecule has 7 nitrogen and oxygen atoms in total. The molecule has 0 atom stereocenters. The lowest BCUT2D eigenvalue weighted by Crippen LogP contribution is -2.15. The number of anilines is 2. The molecule has 4 aromatic rings. The van der Waals surface area contributed by atoms with Crippen molar-refractivity contribution >= 4 is 28.3 Å². The van der Waals surface area contributed by atoms with Gasteiger partial charge in [0.25, 0.3) is 5.91 Å². The Morgan fingerprint density at radius 2 is 1.96 bits per heavy atom. The van der Waals surface area contributed by atoms with Gasteiger partial charge in [-0.15, -0.1) is 0 Å². The predicted octanol–water partition coefficient (Wildman–Crippen LogP) is 3.48. The highest BCUT2D eigenvalue weighted by molar-refractivity contribution is 6.07. The third kappa shape index (κ3) is 3.36. The lowest BCUT2D eigenvalue weighted by atomic mass is 10.2. The Hall–Kier alpha value is -3.74. The van der Waals surface area contributed by atoms with Gasteiger partial charge in [-0.05, 0) is 24.3 Å². The SMILES string of the molecule is O=C(Nc1cccc2cccnc12)c1cc(NCc2ccco2)ncn1. The van der Waals surface area contributed by atoms with Gasteiger partial charge in [0, 0.05) is 17.6 Å². The normalized spacial score (nSPS) is 10.6. The number of carbonyl (C=O) groups is 1. The number of amides is 1. The van der Waals surface area contributed by atoms with Gasteiger partial charge in [0.05, 0.1) is 24.0 Å². The minimum atomic E-state index is -0.327. The molecule has 3 heterocycles. The van der Waals surface area contributed by atoms with Gasteiger partial charge in [-0.3, -0.25) is 9.78 Å². The molecule has 0 spiro atoms. The zero-order valence-corrected chi connectivity index (χ0v) is 13.7. The summed E-state index contributed by atoms with van der Waals surface area (Å²) in [5.74, 6) is 0.987. The van der Waals surface area contributed by atoms with E-state index in [-0.39, 0.29) is 11.6 Å². The highest BCUT2D eigenvalue weighted by Crippen LogP contribution is 2.21. The van der Waals surface area contributed by atoms with Gasteiger partial charge in [-0.2, -0.15) is 0 Å². The quantitative estimate of drug-likeness (QED) is 0.575. The molecule has 0 saturated carbocycles. The Labute approximate surface area is 149 Å². The molecule has 0 aliphatic rings. The van der Waals surface area contributed by atoms with E-state index in [9.17, 15) is 4.79 Å². The molecule has 2 N–H and O–H groups in total. The summed E-state index contributed by atoms with van der Waals surface area (Å²) in [6, 6.07) is 14.7. The predicted molar refractivity (Wildman–Crippen MR) is 97.8 cm³/mol. The van der Waals surface area contributed by atoms with Crippen molar-refractivity contribution in [3.8, 4) is 0 Å². The van der Waals surface area contributed by atoms with Crippen molar-refractivity contribution in [3.05, 3.63) is 78.8 Å². The molecule has 0 unspecified atom stereocenters. The van der Waals surface area contributed by atoms with Crippen molar-refractivity contribution in [2.75, 3.05) is 10.6 Å². The third-order valence-corrected chi connectivity index (χ3v) is 3.80. The van der Waals surface area contributed by atoms with Gasteiger partial charge in [0.15, 0.2) is 0 Å². The Kier molecular flexibility index (Phi) is 4.26. The van der Waals surface area contributed by atoms with Crippen LogP contribution < -0.4 is 10.6 Å². The molecular weight excluding hydrogens is 330 g/mol. The molecule has 26 heavy (non-hydrogen) atoms. The summed E-state index contributed by atoms with van der Waals surface area (Å²) in [6.45, 7) is 0.471. The van der Waals surface area contributed by atoms with Gasteiger partial charge in [0.2, 0.25) is 0 Å². The van der Waals surface area contributed by atoms with Crippen LogP contribution in [0.2, 0.25) is 0 Å². The van der Waals surface area contributed by atoms with E-state index in [1.54, 1.807) is 18.5 Å². The van der Waals surface area contributed by atoms with Crippen molar-refractivity contribution < 1.29 is 9.21 Å². The third-order valence-electron chi connectivity index (χ3n) is 3.80. The minimum absolute atomic E-state index is 0.259. The monoisotopic (exact) mass is 345 g/mol. The molecule has 0 aliphatic heterocycles. The number of rotatable bonds is 5. The fraction of sp³-hybridized carbons (Fsp3) is 0.0526. The number of nitrogens with zero attached hydrogens (tertiary/aromatic N) is 3. The summed E-state index contributed by atoms with van der Waals surface area (Å²) in [6.07, 6.45) is 4.65. The molecule has 0 saturated heterocycles. The van der Waals surface area contributed by atoms with E-state index in [1.807, 2.05) is 42.5 Å². The first-order chi connectivity index (χ1) is 12.8. The van der Waals surface area contributed by atoms with Crippen LogP contribution >= 0.6 is 0 Å². The van der Waals surface area contributed by atoms with Crippen LogP contribution in [0.3, 0.4) is 0 Å². The molecular formula is C19H15N5O2. The van der Waals surface area contributed by atoms with E-state index in [4.69, 9.17) is 4.42 Å². The number of fused-ring (bicyclic) bond motifs is 1. The molecule has 3 aromatic heterocycles. The van der Waals surface area contributed by atoms with Crippen molar-refractivity contribution in [1.82, 2.24) is 15.0 Å². The second kappa shape index (κ2) is 7.02. The van der Waals surface area contributed by atoms with Crippen LogP contribution in [0.4, 0.5) is 11.5 Å². The number of pyridine rings is 1. The minimum Gasteiger partial charge on any atom is -0.467 e. The fourth-order valence-electron chi connectivity index (χ4n) is 2.56. The molecule has 0 radical (unpaired) electrons. The van der Waals surface area contributed by atoms with Gasteiger partial charge in [0.1, 0.15) is 23.6 Å². The van der Waals surface area contributed by atoms with Crippen LogP contribution in [0.25, 0.3) is 10.9 Å². The molecule has 7 heteroatoms. The topological polar surface area (TPSA) is 92.9 Å². The number of para-hydroxylation sites is 1. The van der Waals surface area contributed by atoms with E-state index in [1.165, 1.54) is 6.33 Å². The Balaban J connectivity index is 1.51. The maximum absolute atomic E-state index is 12.6. The fourth-order valence-corrected chi connectivity index (χ4v) is 2.56. The second-order valence-corrected chi connectivity index (χ2v) is 5.56. The average Bonchev–Trinajstić information content (AvgIpc) is 3.20. The highest BCUT2D eigenvalue weighted by Gasteiger charge is 2.11. The largest absolute Gasteiger partial charge is 0.467 e. The molecule has 0 bridgehead atoms. The van der Waals surface area contributed by atoms with Crippen LogP contribution in [-0.2, 0) is 6.54 Å². The van der Waals surface area contributed by atoms with Gasteiger partial charge >= 0.3 is 0 Å². The first kappa shape index (κ1) is 15.8. The van der Waals surface area contributed by atoms with E-state index >= 15 is 0 Å². The Morgan fingerprint density at radius 1 is 1.04 bits per heavy atom. The van der Waals surface area contributed by atoms with Crippen molar-refractivity contribution in [2.24, 2.45) is 0 Å². The number of benzene rings is 1. The van der Waals surface area contributed by atoms with E-state index in [0.717, 1.165) is 16.7 Å². The summed E-state index contributed by atoms with van der Waals surface area (Å²) < 4.78 is 5.26. The number of furan rings is 1. The molecule has 4 rings (SSSR count). The Morgan fingerprint density at radius 3 is 2.85 bits per heavy atom. The smallest absolute Gasteiger partial charge is 0.274 e. The standard InChI is InChI=1S/C19H15N5O2/c25-19(24-15-7-1-4-13-5-2-8-20-18(13)15)16-10-17(23-12-22-16)21-11-14-6-3-9-26-14/h1-10,12H,11H2,(H,24,25)(H,21,22,23). The average molecular weight is 345 g/mol. The zero-order valence-electron chi connectivity index (χ0n) is 13.7. The van der Waals surface area contributed by atoms with Gasteiger partial charge in [-0.25, -0.2) is 9.97 Å². The summed E-state index contributed by atoms with van der Waals surface area (Å²) in [7, 11) is 0. The number of aromatic nitrogens is 3. The molecule has 0 aliphatic carbocycles. The molecule has 0 fully saturated rings. The van der Waals surface area contributed by atoms with Crippen LogP contribution in [-0.4, -0.2) is 20.9 Å². The molecule has 1 aromatic carbocycles. The van der Waals surface area contributed by atoms with Crippen molar-refractivity contribution in [3.63, 3.8) is 0 Å². The summed E-state index contributed by atoms with van der Waals surface area (Å²) >= 11 is 0. The Bertz CT molecular complexity index is 1040. The van der Waals surface area contributed by atoms with Gasteiger partial charge in [-0.1, -0.05) is 18.2 Å². The van der Waals surface area contributed by atoms with Crippen molar-refractivity contribution in [2.45, 2.75) is 6.54 Å². The second-order valence-electron chi connectivity index (χ2n) is 5.56. The summed E-state index contributed by atoms with van der Waals surface area (Å²) in [5.41, 5.74) is 1.63. The summed E-state index contributed by atoms with van der Waals surface area (Å²) in [5, 5.41) is 6.91. The first-order valence-corrected chi connectivity index (χ1v) is 8.03. The molecule has 1 amide bonds. The lowest BCUT2D eigenvalue weighted by molar-refractivity contribution is 0.102. The first-order valence-electron chi connectivity index (χ1n) is 8.03. The number of hydrogen-bond acceptors (Lipinski definition) is 6. The maximum atomic E-state index is 12.6. The van der Waals surface area contributed by atoms with Crippen LogP contribution in [0, 0.1) is 0 Å². The lowest BCUT2D eigenvalue weighted by Gasteiger charge is -2.08. The maximum Gasteiger partial charge on any atom is 0.274 e. The highest BCUT2D eigenvalue weighted by atomic mass is 16.3. The van der Waals surface area contributed by atoms with Crippen LogP contribution in [0.15, 0.2) is 71.7 Å². The zero-order chi connectivity index (χ0) is 17.8. The number of nitrogens with one attached hydrogen (secondary N) is 2.